The highest BCUT2D eigenvalue weighted by molar-refractivity contribution is 8.14. The Kier molecular flexibility index (Phi) is 5.19. The van der Waals surface area contributed by atoms with Crippen LogP contribution < -0.4 is 0 Å². The van der Waals surface area contributed by atoms with Crippen molar-refractivity contribution in [2.24, 2.45) is 11.8 Å². The monoisotopic (exact) mass is 286 g/mol. The highest BCUT2D eigenvalue weighted by Crippen LogP contribution is 2.40. The Morgan fingerprint density at radius 2 is 1.56 bits per heavy atom. The molecular formula is C14H22O2S2. The molecule has 0 aliphatic heterocycles. The number of Topliss-reactive ketones (excluding diaryl/α,β-unsaturated/α-hetero) is 1. The Balaban J connectivity index is 1.77. The minimum absolute atomic E-state index is 0.220. The zero-order valence-corrected chi connectivity index (χ0v) is 12.8. The minimum Gasteiger partial charge on any atom is -0.300 e. The van der Waals surface area contributed by atoms with E-state index in [9.17, 15) is 9.59 Å². The summed E-state index contributed by atoms with van der Waals surface area (Å²) >= 11 is 3.43. The summed E-state index contributed by atoms with van der Waals surface area (Å²) in [4.78, 5) is 23.5. The standard InChI is InChI=1S/C14H22O2S2/c1-9(15)10-3-6-13(7-10)18-14(16)11-4-5-12(8-11)17-2/h10-13H,3-8H2,1-2H3/t10-,11+,12+,13+/m1/s1. The van der Waals surface area contributed by atoms with Crippen molar-refractivity contribution in [1.29, 1.82) is 0 Å². The van der Waals surface area contributed by atoms with Crippen LogP contribution in [-0.2, 0) is 9.59 Å². The van der Waals surface area contributed by atoms with E-state index < -0.39 is 0 Å². The number of thioether (sulfide) groups is 2. The summed E-state index contributed by atoms with van der Waals surface area (Å²) in [6.07, 6.45) is 8.41. The number of hydrogen-bond acceptors (Lipinski definition) is 4. The lowest BCUT2D eigenvalue weighted by Gasteiger charge is -2.12. The number of carbonyl (C=O) groups excluding carboxylic acids is 2. The fraction of sp³-hybridized carbons (Fsp3) is 0.857. The van der Waals surface area contributed by atoms with Gasteiger partial charge in [0, 0.05) is 22.3 Å². The lowest BCUT2D eigenvalue weighted by atomic mass is 10.0. The van der Waals surface area contributed by atoms with Crippen LogP contribution in [0.15, 0.2) is 0 Å². The van der Waals surface area contributed by atoms with E-state index >= 15 is 0 Å². The Labute approximate surface area is 118 Å². The van der Waals surface area contributed by atoms with Gasteiger partial charge in [0.25, 0.3) is 0 Å². The predicted octanol–water partition coefficient (Wildman–Crippen LogP) is 3.54. The van der Waals surface area contributed by atoms with Gasteiger partial charge >= 0.3 is 0 Å². The van der Waals surface area contributed by atoms with Gasteiger partial charge in [-0.2, -0.15) is 11.8 Å². The fourth-order valence-corrected chi connectivity index (χ4v) is 5.16. The molecule has 0 N–H and O–H groups in total. The van der Waals surface area contributed by atoms with E-state index in [1.165, 1.54) is 18.2 Å². The molecule has 0 heterocycles. The van der Waals surface area contributed by atoms with Crippen LogP contribution in [0.2, 0.25) is 0 Å². The van der Waals surface area contributed by atoms with E-state index in [0.29, 0.717) is 21.4 Å². The molecule has 0 aromatic rings. The molecule has 0 amide bonds. The van der Waals surface area contributed by atoms with Crippen LogP contribution in [0.3, 0.4) is 0 Å². The second-order valence-corrected chi connectivity index (χ2v) is 7.99. The molecule has 4 heteroatoms. The Morgan fingerprint density at radius 3 is 2.11 bits per heavy atom. The molecule has 0 aromatic heterocycles. The van der Waals surface area contributed by atoms with Crippen molar-refractivity contribution >= 4 is 34.4 Å². The first kappa shape index (κ1) is 14.4. The quantitative estimate of drug-likeness (QED) is 0.791. The van der Waals surface area contributed by atoms with Gasteiger partial charge in [-0.05, 0) is 51.7 Å². The lowest BCUT2D eigenvalue weighted by Crippen LogP contribution is -2.13. The van der Waals surface area contributed by atoms with Crippen molar-refractivity contribution in [1.82, 2.24) is 0 Å². The average Bonchev–Trinajstić information content (AvgIpc) is 2.96. The van der Waals surface area contributed by atoms with Gasteiger partial charge < -0.3 is 0 Å². The number of carbonyl (C=O) groups is 2. The van der Waals surface area contributed by atoms with Crippen LogP contribution >= 0.6 is 23.5 Å². The van der Waals surface area contributed by atoms with Gasteiger partial charge in [0.05, 0.1) is 0 Å². The second kappa shape index (κ2) is 6.47. The van der Waals surface area contributed by atoms with Gasteiger partial charge in [-0.3, -0.25) is 9.59 Å². The first-order valence-corrected chi connectivity index (χ1v) is 9.00. The normalized spacial score (nSPS) is 35.9. The number of ketones is 1. The van der Waals surface area contributed by atoms with E-state index in [-0.39, 0.29) is 11.8 Å². The van der Waals surface area contributed by atoms with E-state index in [1.54, 1.807) is 6.92 Å². The third-order valence-corrected chi connectivity index (χ3v) is 6.72. The molecule has 0 bridgehead atoms. The number of hydrogen-bond donors (Lipinski definition) is 0. The van der Waals surface area contributed by atoms with Gasteiger partial charge in [0.15, 0.2) is 5.12 Å². The summed E-state index contributed by atoms with van der Waals surface area (Å²) in [6, 6.07) is 0. The van der Waals surface area contributed by atoms with Crippen LogP contribution in [0.4, 0.5) is 0 Å². The zero-order valence-electron chi connectivity index (χ0n) is 11.2. The largest absolute Gasteiger partial charge is 0.300 e. The first-order valence-electron chi connectivity index (χ1n) is 6.84. The van der Waals surface area contributed by atoms with E-state index in [4.69, 9.17) is 0 Å². The summed E-state index contributed by atoms with van der Waals surface area (Å²) in [5, 5.41) is 1.48. The molecule has 2 rings (SSSR count). The second-order valence-electron chi connectivity index (χ2n) is 5.55. The van der Waals surface area contributed by atoms with Gasteiger partial charge in [0.1, 0.15) is 5.78 Å². The van der Waals surface area contributed by atoms with Crippen molar-refractivity contribution in [3.8, 4) is 0 Å². The van der Waals surface area contributed by atoms with E-state index in [0.717, 1.165) is 32.1 Å². The highest BCUT2D eigenvalue weighted by atomic mass is 32.2. The van der Waals surface area contributed by atoms with E-state index in [2.05, 4.69) is 6.26 Å². The molecule has 2 fully saturated rings. The lowest BCUT2D eigenvalue weighted by molar-refractivity contribution is -0.120. The Bertz CT molecular complexity index is 330. The van der Waals surface area contributed by atoms with Crippen molar-refractivity contribution in [3.63, 3.8) is 0 Å². The van der Waals surface area contributed by atoms with Gasteiger partial charge in [-0.1, -0.05) is 11.8 Å². The topological polar surface area (TPSA) is 34.1 Å². The van der Waals surface area contributed by atoms with Crippen molar-refractivity contribution in [3.05, 3.63) is 0 Å². The van der Waals surface area contributed by atoms with Gasteiger partial charge in [-0.25, -0.2) is 0 Å². The third kappa shape index (κ3) is 3.53. The maximum Gasteiger partial charge on any atom is 0.192 e. The summed E-state index contributed by atoms with van der Waals surface area (Å²) in [7, 11) is 0. The molecule has 0 radical (unpaired) electrons. The summed E-state index contributed by atoms with van der Waals surface area (Å²) in [5.41, 5.74) is 0. The Morgan fingerprint density at radius 1 is 0.944 bits per heavy atom. The molecule has 4 atom stereocenters. The van der Waals surface area contributed by atoms with Crippen LogP contribution in [-0.4, -0.2) is 27.7 Å². The zero-order chi connectivity index (χ0) is 13.1. The molecule has 0 spiro atoms. The molecule has 2 aliphatic rings. The SMILES string of the molecule is CS[C@H]1CC[C@H](C(=O)S[C@H]2CC[C@@H](C(C)=O)C2)C1. The van der Waals surface area contributed by atoms with Crippen LogP contribution in [0.25, 0.3) is 0 Å². The molecule has 2 saturated carbocycles. The molecule has 0 saturated heterocycles. The molecule has 0 aromatic carbocycles. The maximum absolute atomic E-state index is 12.2. The summed E-state index contributed by atoms with van der Waals surface area (Å²) in [6.45, 7) is 1.68. The minimum atomic E-state index is 0.220. The van der Waals surface area contributed by atoms with Crippen molar-refractivity contribution in [2.75, 3.05) is 6.26 Å². The third-order valence-electron chi connectivity index (χ3n) is 4.29. The molecule has 2 nitrogen and oxygen atoms in total. The average molecular weight is 286 g/mol. The predicted molar refractivity (Wildman–Crippen MR) is 79.1 cm³/mol. The summed E-state index contributed by atoms with van der Waals surface area (Å²) in [5.74, 6) is 0.801. The van der Waals surface area contributed by atoms with Gasteiger partial charge in [0.2, 0.25) is 0 Å². The van der Waals surface area contributed by atoms with Gasteiger partial charge in [-0.15, -0.1) is 0 Å². The van der Waals surface area contributed by atoms with Crippen LogP contribution in [0.5, 0.6) is 0 Å². The van der Waals surface area contributed by atoms with Crippen molar-refractivity contribution in [2.45, 2.75) is 55.9 Å². The first-order chi connectivity index (χ1) is 8.60. The Hall–Kier alpha value is 0.0400. The van der Waals surface area contributed by atoms with Crippen molar-refractivity contribution < 1.29 is 9.59 Å². The molecule has 0 unspecified atom stereocenters. The highest BCUT2D eigenvalue weighted by Gasteiger charge is 2.34. The smallest absolute Gasteiger partial charge is 0.192 e. The fourth-order valence-electron chi connectivity index (χ4n) is 3.05. The van der Waals surface area contributed by atoms with Crippen LogP contribution in [0, 0.1) is 11.8 Å². The molecular weight excluding hydrogens is 264 g/mol. The van der Waals surface area contributed by atoms with Crippen LogP contribution in [0.1, 0.15) is 45.4 Å². The van der Waals surface area contributed by atoms with E-state index in [1.807, 2.05) is 11.8 Å². The summed E-state index contributed by atoms with van der Waals surface area (Å²) < 4.78 is 0. The molecule has 2 aliphatic carbocycles. The molecule has 102 valence electrons. The maximum atomic E-state index is 12.2. The number of rotatable bonds is 4. The molecule has 18 heavy (non-hydrogen) atoms.